The van der Waals surface area contributed by atoms with Crippen molar-refractivity contribution in [2.24, 2.45) is 5.41 Å². The third-order valence-electron chi connectivity index (χ3n) is 4.17. The third kappa shape index (κ3) is 3.17. The molecule has 1 aromatic rings. The van der Waals surface area contributed by atoms with Crippen molar-refractivity contribution >= 4 is 11.8 Å². The van der Waals surface area contributed by atoms with Crippen LogP contribution < -0.4 is 4.90 Å². The second-order valence-corrected chi connectivity index (χ2v) is 6.86. The fourth-order valence-electron chi connectivity index (χ4n) is 2.52. The highest BCUT2D eigenvalue weighted by Gasteiger charge is 2.41. The van der Waals surface area contributed by atoms with Gasteiger partial charge in [-0.1, -0.05) is 27.7 Å². The molecule has 1 N–H and O–H groups in total. The minimum absolute atomic E-state index is 0.260. The number of nitrogens with zero attached hydrogens (tertiary/aromatic N) is 3. The molecule has 1 aromatic heterocycles. The average molecular weight is 291 g/mol. The highest BCUT2D eigenvalue weighted by molar-refractivity contribution is 5.76. The molecule has 0 amide bonds. The Bertz CT molecular complexity index is 516. The molecule has 1 aliphatic rings. The van der Waals surface area contributed by atoms with Crippen molar-refractivity contribution in [2.45, 2.75) is 52.9 Å². The van der Waals surface area contributed by atoms with Gasteiger partial charge in [-0.25, -0.2) is 9.97 Å². The standard InChI is InChI=1S/C16H25N3O2/c1-10(2)12-8-13(18-14(17-12)11(3)4)19-7-6-16(5,9-19)15(20)21/h8,10-11H,6-7,9H2,1-5H3,(H,20,21). The fraction of sp³-hybridized carbons (Fsp3) is 0.688. The molecule has 5 nitrogen and oxygen atoms in total. The van der Waals surface area contributed by atoms with Crippen molar-refractivity contribution in [3.8, 4) is 0 Å². The van der Waals surface area contributed by atoms with E-state index in [0.717, 1.165) is 23.9 Å². The van der Waals surface area contributed by atoms with Gasteiger partial charge < -0.3 is 10.0 Å². The van der Waals surface area contributed by atoms with E-state index in [1.807, 2.05) is 13.0 Å². The number of rotatable bonds is 4. The van der Waals surface area contributed by atoms with Gasteiger partial charge in [0.2, 0.25) is 0 Å². The van der Waals surface area contributed by atoms with Crippen LogP contribution in [0.15, 0.2) is 6.07 Å². The van der Waals surface area contributed by atoms with E-state index in [2.05, 4.69) is 42.6 Å². The number of carboxylic acids is 1. The largest absolute Gasteiger partial charge is 0.481 e. The Kier molecular flexibility index (Phi) is 4.21. The molecular weight excluding hydrogens is 266 g/mol. The molecule has 1 atom stereocenters. The quantitative estimate of drug-likeness (QED) is 0.923. The molecule has 1 aliphatic heterocycles. The summed E-state index contributed by atoms with van der Waals surface area (Å²) in [6.45, 7) is 11.4. The van der Waals surface area contributed by atoms with Crippen molar-refractivity contribution in [3.63, 3.8) is 0 Å². The lowest BCUT2D eigenvalue weighted by atomic mass is 9.90. The highest BCUT2D eigenvalue weighted by atomic mass is 16.4. The van der Waals surface area contributed by atoms with E-state index in [1.165, 1.54) is 0 Å². The molecule has 116 valence electrons. The summed E-state index contributed by atoms with van der Waals surface area (Å²) in [6.07, 6.45) is 0.653. The summed E-state index contributed by atoms with van der Waals surface area (Å²) < 4.78 is 0. The van der Waals surface area contributed by atoms with E-state index >= 15 is 0 Å². The molecule has 5 heteroatoms. The summed E-state index contributed by atoms with van der Waals surface area (Å²) in [7, 11) is 0. The number of carbonyl (C=O) groups is 1. The maximum atomic E-state index is 11.4. The van der Waals surface area contributed by atoms with E-state index in [0.29, 0.717) is 18.9 Å². The fourth-order valence-corrected chi connectivity index (χ4v) is 2.52. The molecule has 2 heterocycles. The maximum absolute atomic E-state index is 11.4. The minimum atomic E-state index is -0.729. The number of aromatic nitrogens is 2. The zero-order valence-electron chi connectivity index (χ0n) is 13.6. The molecule has 1 fully saturated rings. The van der Waals surface area contributed by atoms with Crippen molar-refractivity contribution < 1.29 is 9.90 Å². The third-order valence-corrected chi connectivity index (χ3v) is 4.17. The van der Waals surface area contributed by atoms with Crippen molar-refractivity contribution in [3.05, 3.63) is 17.6 Å². The summed E-state index contributed by atoms with van der Waals surface area (Å²) in [5, 5.41) is 9.36. The molecule has 21 heavy (non-hydrogen) atoms. The van der Waals surface area contributed by atoms with Crippen LogP contribution in [0.2, 0.25) is 0 Å². The summed E-state index contributed by atoms with van der Waals surface area (Å²) >= 11 is 0. The van der Waals surface area contributed by atoms with Gasteiger partial charge in [0.05, 0.1) is 5.41 Å². The molecule has 1 unspecified atom stereocenters. The first kappa shape index (κ1) is 15.7. The Balaban J connectivity index is 2.34. The molecule has 2 rings (SSSR count). The predicted molar refractivity (Wildman–Crippen MR) is 82.8 cm³/mol. The van der Waals surface area contributed by atoms with Crippen LogP contribution in [0.25, 0.3) is 0 Å². The van der Waals surface area contributed by atoms with Gasteiger partial charge in [-0.3, -0.25) is 4.79 Å². The van der Waals surface area contributed by atoms with E-state index in [4.69, 9.17) is 0 Å². The molecular formula is C16H25N3O2. The monoisotopic (exact) mass is 291 g/mol. The Morgan fingerprint density at radius 3 is 2.43 bits per heavy atom. The number of anilines is 1. The second kappa shape index (κ2) is 5.62. The molecule has 0 spiro atoms. The number of carboxylic acid groups (broad SMARTS) is 1. The summed E-state index contributed by atoms with van der Waals surface area (Å²) in [6, 6.07) is 2.00. The number of aliphatic carboxylic acids is 1. The lowest BCUT2D eigenvalue weighted by molar-refractivity contribution is -0.146. The van der Waals surface area contributed by atoms with Crippen LogP contribution in [0, 0.1) is 5.41 Å². The Morgan fingerprint density at radius 1 is 1.29 bits per heavy atom. The molecule has 1 saturated heterocycles. The van der Waals surface area contributed by atoms with Gasteiger partial charge in [-0.05, 0) is 19.3 Å². The summed E-state index contributed by atoms with van der Waals surface area (Å²) in [5.74, 6) is 1.56. The maximum Gasteiger partial charge on any atom is 0.311 e. The van der Waals surface area contributed by atoms with Crippen LogP contribution in [0.1, 0.15) is 64.4 Å². The first-order chi connectivity index (χ1) is 9.73. The Morgan fingerprint density at radius 2 is 1.95 bits per heavy atom. The predicted octanol–water partition coefficient (Wildman–Crippen LogP) is 3.02. The number of hydrogen-bond donors (Lipinski definition) is 1. The highest BCUT2D eigenvalue weighted by Crippen LogP contribution is 2.33. The first-order valence-electron chi connectivity index (χ1n) is 7.60. The Hall–Kier alpha value is -1.65. The zero-order valence-corrected chi connectivity index (χ0v) is 13.6. The van der Waals surface area contributed by atoms with Crippen molar-refractivity contribution in [1.29, 1.82) is 0 Å². The molecule has 0 radical (unpaired) electrons. The average Bonchev–Trinajstić information content (AvgIpc) is 2.82. The summed E-state index contributed by atoms with van der Waals surface area (Å²) in [4.78, 5) is 22.7. The topological polar surface area (TPSA) is 66.3 Å². The second-order valence-electron chi connectivity index (χ2n) is 6.86. The zero-order chi connectivity index (χ0) is 15.8. The smallest absolute Gasteiger partial charge is 0.311 e. The van der Waals surface area contributed by atoms with Crippen molar-refractivity contribution in [2.75, 3.05) is 18.0 Å². The van der Waals surface area contributed by atoms with Gasteiger partial charge in [-0.15, -0.1) is 0 Å². The molecule has 0 aromatic carbocycles. The summed E-state index contributed by atoms with van der Waals surface area (Å²) in [5.41, 5.74) is 0.341. The molecule has 0 bridgehead atoms. The van der Waals surface area contributed by atoms with Gasteiger partial charge in [0.1, 0.15) is 11.6 Å². The molecule has 0 saturated carbocycles. The first-order valence-corrected chi connectivity index (χ1v) is 7.60. The van der Waals surface area contributed by atoms with Crippen LogP contribution in [0.3, 0.4) is 0 Å². The van der Waals surface area contributed by atoms with Crippen LogP contribution >= 0.6 is 0 Å². The van der Waals surface area contributed by atoms with Crippen LogP contribution in [-0.2, 0) is 4.79 Å². The number of hydrogen-bond acceptors (Lipinski definition) is 4. The van der Waals surface area contributed by atoms with Gasteiger partial charge >= 0.3 is 5.97 Å². The van der Waals surface area contributed by atoms with E-state index in [9.17, 15) is 9.90 Å². The Labute approximate surface area is 126 Å². The van der Waals surface area contributed by atoms with Gasteiger partial charge in [0.15, 0.2) is 0 Å². The van der Waals surface area contributed by atoms with Gasteiger partial charge in [0.25, 0.3) is 0 Å². The van der Waals surface area contributed by atoms with E-state index < -0.39 is 11.4 Å². The molecule has 0 aliphatic carbocycles. The van der Waals surface area contributed by atoms with E-state index in [1.54, 1.807) is 0 Å². The van der Waals surface area contributed by atoms with Crippen molar-refractivity contribution in [1.82, 2.24) is 9.97 Å². The lowest BCUT2D eigenvalue weighted by Gasteiger charge is -2.22. The minimum Gasteiger partial charge on any atom is -0.481 e. The van der Waals surface area contributed by atoms with Crippen LogP contribution in [0.5, 0.6) is 0 Å². The SMILES string of the molecule is CC(C)c1cc(N2CCC(C)(C(=O)O)C2)nc(C(C)C)n1. The lowest BCUT2D eigenvalue weighted by Crippen LogP contribution is -2.32. The van der Waals surface area contributed by atoms with Gasteiger partial charge in [-0.2, -0.15) is 0 Å². The normalized spacial score (nSPS) is 22.3. The van der Waals surface area contributed by atoms with Gasteiger partial charge in [0, 0.05) is 30.8 Å². The van der Waals surface area contributed by atoms with Crippen LogP contribution in [0.4, 0.5) is 5.82 Å². The van der Waals surface area contributed by atoms with E-state index in [-0.39, 0.29) is 5.92 Å². The van der Waals surface area contributed by atoms with Crippen LogP contribution in [-0.4, -0.2) is 34.1 Å².